The number of guanidine groups is 1. The lowest BCUT2D eigenvalue weighted by Crippen LogP contribution is -2.52. The molecule has 1 aliphatic heterocycles. The summed E-state index contributed by atoms with van der Waals surface area (Å²) in [6.07, 6.45) is 9.47. The van der Waals surface area contributed by atoms with Crippen LogP contribution in [0, 0.1) is 5.92 Å². The Morgan fingerprint density at radius 2 is 1.57 bits per heavy atom. The molecule has 0 unspecified atom stereocenters. The number of piperidine rings is 1. The molecule has 1 saturated carbocycles. The van der Waals surface area contributed by atoms with Crippen LogP contribution in [-0.2, 0) is 10.0 Å². The number of alkyl halides is 3. The predicted octanol–water partition coefficient (Wildman–Crippen LogP) is 3.44. The van der Waals surface area contributed by atoms with Crippen LogP contribution in [0.5, 0.6) is 0 Å². The molecule has 2 rings (SSSR count). The highest BCUT2D eigenvalue weighted by Gasteiger charge is 2.50. The maximum atomic E-state index is 12.6. The first-order valence-electron chi connectivity index (χ1n) is 9.77. The van der Waals surface area contributed by atoms with Gasteiger partial charge in [0, 0.05) is 32.7 Å². The topological polar surface area (TPSA) is 73.8 Å². The first kappa shape index (κ1) is 25.7. The number of nitrogens with zero attached hydrogens (tertiary/aromatic N) is 2. The van der Waals surface area contributed by atoms with Crippen molar-refractivity contribution in [2.45, 2.75) is 69.3 Å². The Morgan fingerprint density at radius 3 is 2.07 bits per heavy atom. The quantitative estimate of drug-likeness (QED) is 0.326. The summed E-state index contributed by atoms with van der Waals surface area (Å²) < 4.78 is 61.4. The monoisotopic (exact) mass is 540 g/mol. The van der Waals surface area contributed by atoms with Crippen LogP contribution < -0.4 is 10.6 Å². The normalized spacial score (nSPS) is 22.1. The van der Waals surface area contributed by atoms with E-state index >= 15 is 0 Å². The minimum Gasteiger partial charge on any atom is -0.356 e. The summed E-state index contributed by atoms with van der Waals surface area (Å²) in [4.78, 5) is 4.20. The average molecular weight is 540 g/mol. The third-order valence-corrected chi connectivity index (χ3v) is 7.06. The van der Waals surface area contributed by atoms with Crippen LogP contribution in [0.2, 0.25) is 0 Å². The lowest BCUT2D eigenvalue weighted by Gasteiger charge is -2.32. The minimum absolute atomic E-state index is 0. The Hall–Kier alpha value is -0.300. The van der Waals surface area contributed by atoms with Crippen molar-refractivity contribution in [3.05, 3.63) is 0 Å². The molecule has 6 nitrogen and oxygen atoms in total. The second kappa shape index (κ2) is 11.8. The van der Waals surface area contributed by atoms with Gasteiger partial charge in [0.1, 0.15) is 0 Å². The van der Waals surface area contributed by atoms with Gasteiger partial charge in [0.25, 0.3) is 0 Å². The fourth-order valence-electron chi connectivity index (χ4n) is 3.76. The number of halogens is 4. The molecule has 2 aliphatic rings. The van der Waals surface area contributed by atoms with Gasteiger partial charge >= 0.3 is 15.5 Å². The van der Waals surface area contributed by atoms with Crippen molar-refractivity contribution in [3.8, 4) is 0 Å². The molecule has 0 aromatic carbocycles. The molecular weight excluding hydrogens is 508 g/mol. The molecule has 2 fully saturated rings. The van der Waals surface area contributed by atoms with Crippen LogP contribution in [0.4, 0.5) is 13.2 Å². The van der Waals surface area contributed by atoms with E-state index in [2.05, 4.69) is 15.6 Å². The minimum atomic E-state index is -5.23. The highest BCUT2D eigenvalue weighted by atomic mass is 127. The summed E-state index contributed by atoms with van der Waals surface area (Å²) in [6, 6.07) is -0.0896. The second-order valence-electron chi connectivity index (χ2n) is 7.43. The zero-order chi connectivity index (χ0) is 19.9. The highest BCUT2D eigenvalue weighted by molar-refractivity contribution is 14.0. The van der Waals surface area contributed by atoms with Gasteiger partial charge in [0.15, 0.2) is 5.96 Å². The standard InChI is InChI=1S/C17H31F3N4O2S.HI/c1-21-16(22-13-14-7-5-3-2-4-6-8-14)23-15-9-11-24(12-10-15)27(25,26)17(18,19)20;/h14-15H,2-13H2,1H3,(H2,21,22,23);1H. The fraction of sp³-hybridized carbons (Fsp3) is 0.941. The molecular formula is C17H32F3IN4O2S. The molecule has 11 heteroatoms. The van der Waals surface area contributed by atoms with Gasteiger partial charge in [0.05, 0.1) is 0 Å². The molecule has 0 amide bonds. The van der Waals surface area contributed by atoms with E-state index in [-0.39, 0.29) is 43.1 Å². The lowest BCUT2D eigenvalue weighted by atomic mass is 9.91. The molecule has 28 heavy (non-hydrogen) atoms. The van der Waals surface area contributed by atoms with Gasteiger partial charge in [-0.2, -0.15) is 17.5 Å². The maximum absolute atomic E-state index is 12.6. The maximum Gasteiger partial charge on any atom is 0.511 e. The van der Waals surface area contributed by atoms with Crippen molar-refractivity contribution < 1.29 is 21.6 Å². The Bertz CT molecular complexity index is 586. The zero-order valence-electron chi connectivity index (χ0n) is 16.3. The predicted molar refractivity (Wildman–Crippen MR) is 115 cm³/mol. The van der Waals surface area contributed by atoms with Crippen LogP contribution in [0.3, 0.4) is 0 Å². The largest absolute Gasteiger partial charge is 0.511 e. The van der Waals surface area contributed by atoms with Crippen molar-refractivity contribution in [2.24, 2.45) is 10.9 Å². The summed E-state index contributed by atoms with van der Waals surface area (Å²) >= 11 is 0. The fourth-order valence-corrected chi connectivity index (χ4v) is 4.75. The number of hydrogen-bond acceptors (Lipinski definition) is 3. The summed E-state index contributed by atoms with van der Waals surface area (Å²) in [7, 11) is -3.57. The van der Waals surface area contributed by atoms with Crippen molar-refractivity contribution in [2.75, 3.05) is 26.7 Å². The number of nitrogens with one attached hydrogen (secondary N) is 2. The number of rotatable bonds is 4. The van der Waals surface area contributed by atoms with Crippen LogP contribution in [0.15, 0.2) is 4.99 Å². The van der Waals surface area contributed by atoms with Gasteiger partial charge in [-0.1, -0.05) is 32.1 Å². The van der Waals surface area contributed by atoms with Crippen LogP contribution in [-0.4, -0.2) is 56.9 Å². The SMILES string of the molecule is CN=C(NCC1CCCCCCC1)NC1CCN(S(=O)(=O)C(F)(F)F)CC1.I. The summed E-state index contributed by atoms with van der Waals surface area (Å²) in [6.45, 7) is 0.555. The van der Waals surface area contributed by atoms with Gasteiger partial charge in [-0.25, -0.2) is 8.42 Å². The van der Waals surface area contributed by atoms with Crippen LogP contribution in [0.1, 0.15) is 57.8 Å². The highest BCUT2D eigenvalue weighted by Crippen LogP contribution is 2.29. The Kier molecular flexibility index (Phi) is 10.8. The number of hydrogen-bond donors (Lipinski definition) is 2. The van der Waals surface area contributed by atoms with Crippen molar-refractivity contribution in [3.63, 3.8) is 0 Å². The van der Waals surface area contributed by atoms with E-state index in [4.69, 9.17) is 0 Å². The van der Waals surface area contributed by atoms with E-state index < -0.39 is 15.5 Å². The van der Waals surface area contributed by atoms with E-state index in [9.17, 15) is 21.6 Å². The molecule has 0 bridgehead atoms. The van der Waals surface area contributed by atoms with Crippen molar-refractivity contribution in [1.29, 1.82) is 0 Å². The van der Waals surface area contributed by atoms with Gasteiger partial charge in [-0.3, -0.25) is 4.99 Å². The third-order valence-electron chi connectivity index (χ3n) is 5.43. The Balaban J connectivity index is 0.00000392. The number of sulfonamides is 1. The zero-order valence-corrected chi connectivity index (χ0v) is 19.4. The molecule has 0 radical (unpaired) electrons. The van der Waals surface area contributed by atoms with Crippen molar-refractivity contribution >= 4 is 40.0 Å². The molecule has 0 atom stereocenters. The van der Waals surface area contributed by atoms with E-state index in [0.717, 1.165) is 6.54 Å². The van der Waals surface area contributed by atoms with Gasteiger partial charge in [-0.05, 0) is 31.6 Å². The molecule has 0 aromatic heterocycles. The van der Waals surface area contributed by atoms with E-state index in [1.807, 2.05) is 0 Å². The molecule has 0 aromatic rings. The average Bonchev–Trinajstić information content (AvgIpc) is 2.59. The summed E-state index contributed by atoms with van der Waals surface area (Å²) in [5.41, 5.74) is -5.23. The van der Waals surface area contributed by atoms with E-state index in [1.54, 1.807) is 7.05 Å². The van der Waals surface area contributed by atoms with Crippen LogP contribution >= 0.6 is 24.0 Å². The first-order valence-corrected chi connectivity index (χ1v) is 11.2. The molecule has 1 heterocycles. The molecule has 1 saturated heterocycles. The molecule has 2 N–H and O–H groups in total. The summed E-state index contributed by atoms with van der Waals surface area (Å²) in [5, 5.41) is 6.55. The van der Waals surface area contributed by atoms with Crippen LogP contribution in [0.25, 0.3) is 0 Å². The third kappa shape index (κ3) is 7.51. The Morgan fingerprint density at radius 1 is 1.04 bits per heavy atom. The smallest absolute Gasteiger partial charge is 0.356 e. The van der Waals surface area contributed by atoms with E-state index in [1.165, 1.54) is 44.9 Å². The van der Waals surface area contributed by atoms with Crippen molar-refractivity contribution in [1.82, 2.24) is 14.9 Å². The Labute approximate surface area is 183 Å². The number of aliphatic imine (C=N–C) groups is 1. The molecule has 1 aliphatic carbocycles. The lowest BCUT2D eigenvalue weighted by molar-refractivity contribution is -0.0494. The van der Waals surface area contributed by atoms with Gasteiger partial charge in [0.2, 0.25) is 0 Å². The van der Waals surface area contributed by atoms with E-state index in [0.29, 0.717) is 29.0 Å². The van der Waals surface area contributed by atoms with Gasteiger partial charge in [-0.15, -0.1) is 24.0 Å². The first-order chi connectivity index (χ1) is 12.7. The summed E-state index contributed by atoms with van der Waals surface area (Å²) in [5.74, 6) is 1.25. The van der Waals surface area contributed by atoms with Gasteiger partial charge < -0.3 is 10.6 Å². The molecule has 166 valence electrons. The second-order valence-corrected chi connectivity index (χ2v) is 9.36. The molecule has 0 spiro atoms.